The van der Waals surface area contributed by atoms with Gasteiger partial charge in [0.1, 0.15) is 0 Å². The Kier molecular flexibility index (Phi) is 3.85. The van der Waals surface area contributed by atoms with Crippen molar-refractivity contribution in [2.75, 3.05) is 26.8 Å². The summed E-state index contributed by atoms with van der Waals surface area (Å²) in [4.78, 5) is 2.56. The lowest BCUT2D eigenvalue weighted by Gasteiger charge is -2.31. The fourth-order valence-electron chi connectivity index (χ4n) is 2.65. The summed E-state index contributed by atoms with van der Waals surface area (Å²) in [7, 11) is 1.78. The van der Waals surface area contributed by atoms with Gasteiger partial charge in [0.25, 0.3) is 0 Å². The summed E-state index contributed by atoms with van der Waals surface area (Å²) in [6.07, 6.45) is 2.57. The maximum atomic E-state index is 5.21. The molecule has 1 aliphatic rings. The van der Waals surface area contributed by atoms with E-state index in [4.69, 9.17) is 4.74 Å². The molecule has 1 fully saturated rings. The van der Waals surface area contributed by atoms with Gasteiger partial charge in [-0.1, -0.05) is 36.8 Å². The number of hydrogen-bond acceptors (Lipinski definition) is 2. The fraction of sp³-hybridized carbons (Fsp3) is 0.600. The van der Waals surface area contributed by atoms with Crippen molar-refractivity contribution >= 4 is 0 Å². The predicted octanol–water partition coefficient (Wildman–Crippen LogP) is 2.95. The number of likely N-dealkylation sites (N-methyl/N-ethyl adjacent to an activating group) is 1. The Hall–Kier alpha value is -0.860. The van der Waals surface area contributed by atoms with Crippen LogP contribution in [0.2, 0.25) is 0 Å². The van der Waals surface area contributed by atoms with Crippen molar-refractivity contribution in [3.8, 4) is 0 Å². The summed E-state index contributed by atoms with van der Waals surface area (Å²) >= 11 is 0. The van der Waals surface area contributed by atoms with Crippen molar-refractivity contribution in [2.45, 2.75) is 32.2 Å². The molecule has 2 nitrogen and oxygen atoms in total. The Morgan fingerprint density at radius 2 is 1.88 bits per heavy atom. The van der Waals surface area contributed by atoms with Gasteiger partial charge in [-0.3, -0.25) is 4.90 Å². The summed E-state index contributed by atoms with van der Waals surface area (Å²) in [5.41, 5.74) is 3.12. The van der Waals surface area contributed by atoms with E-state index >= 15 is 0 Å². The van der Waals surface area contributed by atoms with Gasteiger partial charge in [-0.05, 0) is 31.9 Å². The first-order chi connectivity index (χ1) is 8.23. The molecule has 17 heavy (non-hydrogen) atoms. The molecule has 0 bridgehead atoms. The van der Waals surface area contributed by atoms with Crippen LogP contribution in [-0.2, 0) is 10.3 Å². The molecule has 2 rings (SSSR count). The smallest absolute Gasteiger partial charge is 0.0589 e. The molecule has 0 N–H and O–H groups in total. The van der Waals surface area contributed by atoms with Crippen LogP contribution in [0, 0.1) is 6.92 Å². The van der Waals surface area contributed by atoms with Crippen molar-refractivity contribution in [1.82, 2.24) is 4.90 Å². The van der Waals surface area contributed by atoms with E-state index in [-0.39, 0.29) is 0 Å². The molecule has 0 aliphatic heterocycles. The van der Waals surface area contributed by atoms with Crippen LogP contribution in [-0.4, -0.2) is 31.7 Å². The van der Waals surface area contributed by atoms with E-state index in [1.54, 1.807) is 7.11 Å². The van der Waals surface area contributed by atoms with E-state index < -0.39 is 0 Å². The van der Waals surface area contributed by atoms with Gasteiger partial charge >= 0.3 is 0 Å². The Morgan fingerprint density at radius 1 is 1.24 bits per heavy atom. The first-order valence-electron chi connectivity index (χ1n) is 6.54. The SMILES string of the molecule is CCN(CCOC)C1(c2ccc(C)cc2)CC1. The molecule has 1 saturated carbocycles. The van der Waals surface area contributed by atoms with Crippen LogP contribution in [0.25, 0.3) is 0 Å². The van der Waals surface area contributed by atoms with E-state index in [1.165, 1.54) is 24.0 Å². The van der Waals surface area contributed by atoms with Crippen LogP contribution in [0.15, 0.2) is 24.3 Å². The van der Waals surface area contributed by atoms with Gasteiger partial charge in [0.05, 0.1) is 6.61 Å². The zero-order valence-corrected chi connectivity index (χ0v) is 11.2. The third-order valence-electron chi connectivity index (χ3n) is 3.86. The summed E-state index contributed by atoms with van der Waals surface area (Å²) in [6.45, 7) is 7.33. The van der Waals surface area contributed by atoms with E-state index in [0.717, 1.165) is 19.7 Å². The van der Waals surface area contributed by atoms with E-state index in [9.17, 15) is 0 Å². The highest BCUT2D eigenvalue weighted by atomic mass is 16.5. The zero-order valence-electron chi connectivity index (χ0n) is 11.2. The van der Waals surface area contributed by atoms with Crippen LogP contribution in [0.5, 0.6) is 0 Å². The summed E-state index contributed by atoms with van der Waals surface area (Å²) < 4.78 is 5.21. The van der Waals surface area contributed by atoms with Gasteiger partial charge < -0.3 is 4.74 Å². The highest BCUT2D eigenvalue weighted by Crippen LogP contribution is 2.50. The van der Waals surface area contributed by atoms with Gasteiger partial charge in [0.2, 0.25) is 0 Å². The average molecular weight is 233 g/mol. The van der Waals surface area contributed by atoms with Crippen LogP contribution >= 0.6 is 0 Å². The molecule has 1 aromatic rings. The second-order valence-corrected chi connectivity index (χ2v) is 4.97. The molecule has 0 saturated heterocycles. The number of benzene rings is 1. The highest BCUT2D eigenvalue weighted by molar-refractivity contribution is 5.32. The third kappa shape index (κ3) is 2.53. The number of aryl methyl sites for hydroxylation is 1. The predicted molar refractivity (Wildman–Crippen MR) is 71.2 cm³/mol. The maximum Gasteiger partial charge on any atom is 0.0589 e. The summed E-state index contributed by atoms with van der Waals surface area (Å²) in [6, 6.07) is 9.02. The maximum absolute atomic E-state index is 5.21. The monoisotopic (exact) mass is 233 g/mol. The van der Waals surface area contributed by atoms with Crippen molar-refractivity contribution in [3.05, 3.63) is 35.4 Å². The normalized spacial score (nSPS) is 17.4. The molecule has 0 heterocycles. The first-order valence-corrected chi connectivity index (χ1v) is 6.54. The van der Waals surface area contributed by atoms with Crippen LogP contribution in [0.4, 0.5) is 0 Å². The van der Waals surface area contributed by atoms with E-state index in [2.05, 4.69) is 43.0 Å². The van der Waals surface area contributed by atoms with Gasteiger partial charge in [0.15, 0.2) is 0 Å². The molecule has 0 amide bonds. The first kappa shape index (κ1) is 12.6. The quantitative estimate of drug-likeness (QED) is 0.749. The molecule has 0 spiro atoms. The standard InChI is InChI=1S/C15H23NO/c1-4-16(11-12-17-3)15(9-10-15)14-7-5-13(2)6-8-14/h5-8H,4,9-12H2,1-3H3. The highest BCUT2D eigenvalue weighted by Gasteiger charge is 2.48. The minimum absolute atomic E-state index is 0.307. The van der Waals surface area contributed by atoms with Crippen molar-refractivity contribution in [1.29, 1.82) is 0 Å². The molecule has 0 atom stereocenters. The molecule has 94 valence electrons. The third-order valence-corrected chi connectivity index (χ3v) is 3.86. The molecule has 1 aromatic carbocycles. The van der Waals surface area contributed by atoms with Crippen LogP contribution < -0.4 is 0 Å². The fourth-order valence-corrected chi connectivity index (χ4v) is 2.65. The number of methoxy groups -OCH3 is 1. The summed E-state index contributed by atoms with van der Waals surface area (Å²) in [5.74, 6) is 0. The number of ether oxygens (including phenoxy) is 1. The lowest BCUT2D eigenvalue weighted by atomic mass is 10.0. The second-order valence-electron chi connectivity index (χ2n) is 4.97. The molecule has 2 heteroatoms. The Bertz CT molecular complexity index is 354. The Morgan fingerprint density at radius 3 is 2.35 bits per heavy atom. The van der Waals surface area contributed by atoms with Crippen molar-refractivity contribution in [2.24, 2.45) is 0 Å². The van der Waals surface area contributed by atoms with Gasteiger partial charge in [-0.2, -0.15) is 0 Å². The molecule has 1 aliphatic carbocycles. The molecular weight excluding hydrogens is 210 g/mol. The lowest BCUT2D eigenvalue weighted by molar-refractivity contribution is 0.113. The number of nitrogens with zero attached hydrogens (tertiary/aromatic N) is 1. The second kappa shape index (κ2) is 5.19. The minimum atomic E-state index is 0.307. The van der Waals surface area contributed by atoms with Gasteiger partial charge in [-0.15, -0.1) is 0 Å². The van der Waals surface area contributed by atoms with Crippen LogP contribution in [0.3, 0.4) is 0 Å². The van der Waals surface area contributed by atoms with Crippen molar-refractivity contribution in [3.63, 3.8) is 0 Å². The molecule has 0 aromatic heterocycles. The van der Waals surface area contributed by atoms with Gasteiger partial charge in [-0.25, -0.2) is 0 Å². The lowest BCUT2D eigenvalue weighted by Crippen LogP contribution is -2.37. The molecule has 0 radical (unpaired) electrons. The molecular formula is C15H23NO. The average Bonchev–Trinajstić information content (AvgIpc) is 3.12. The summed E-state index contributed by atoms with van der Waals surface area (Å²) in [5, 5.41) is 0. The van der Waals surface area contributed by atoms with E-state index in [0.29, 0.717) is 5.54 Å². The van der Waals surface area contributed by atoms with Crippen molar-refractivity contribution < 1.29 is 4.74 Å². The van der Waals surface area contributed by atoms with Gasteiger partial charge in [0, 0.05) is 19.2 Å². The largest absolute Gasteiger partial charge is 0.383 e. The number of rotatable bonds is 6. The minimum Gasteiger partial charge on any atom is -0.383 e. The Labute approximate surface area is 105 Å². The zero-order chi connectivity index (χ0) is 12.3. The van der Waals surface area contributed by atoms with E-state index in [1.807, 2.05) is 0 Å². The Balaban J connectivity index is 2.14. The number of hydrogen-bond donors (Lipinski definition) is 0. The molecule has 0 unspecified atom stereocenters. The van der Waals surface area contributed by atoms with Crippen LogP contribution in [0.1, 0.15) is 30.9 Å². The topological polar surface area (TPSA) is 12.5 Å².